The van der Waals surface area contributed by atoms with Gasteiger partial charge < -0.3 is 10.6 Å². The first-order valence-corrected chi connectivity index (χ1v) is 5.19. The maximum absolute atomic E-state index is 12.9. The number of terminal acetylenes is 1. The summed E-state index contributed by atoms with van der Waals surface area (Å²) >= 11 is 0. The molecule has 1 saturated heterocycles. The summed E-state index contributed by atoms with van der Waals surface area (Å²) in [5.74, 6) is 0. The van der Waals surface area contributed by atoms with Gasteiger partial charge in [0.05, 0.1) is 17.6 Å². The number of hydrogen-bond donors (Lipinski definition) is 1. The number of halogens is 1. The van der Waals surface area contributed by atoms with E-state index in [1.165, 1.54) is 0 Å². The molecule has 3 nitrogen and oxygen atoms in total. The Bertz CT molecular complexity index is 343. The zero-order valence-electron chi connectivity index (χ0n) is 9.14. The van der Waals surface area contributed by atoms with Gasteiger partial charge in [0.25, 0.3) is 0 Å². The van der Waals surface area contributed by atoms with Crippen LogP contribution in [0.25, 0.3) is 0 Å². The van der Waals surface area contributed by atoms with Gasteiger partial charge in [-0.1, -0.05) is 0 Å². The van der Waals surface area contributed by atoms with E-state index in [0.717, 1.165) is 18.8 Å². The molecule has 1 fully saturated rings. The van der Waals surface area contributed by atoms with Crippen molar-refractivity contribution >= 4 is 11.4 Å². The Hall–Kier alpha value is -1.76. The Labute approximate surface area is 95.5 Å². The molecule has 1 aliphatic rings. The molecule has 0 bridgehead atoms. The highest BCUT2D eigenvalue weighted by molar-refractivity contribution is 5.66. The fraction of sp³-hybridized carbons (Fsp3) is 0.417. The minimum atomic E-state index is -0.644. The quantitative estimate of drug-likeness (QED) is 0.736. The predicted molar refractivity (Wildman–Crippen MR) is 64.9 cm³/mol. The maximum atomic E-state index is 12.9. The van der Waals surface area contributed by atoms with Crippen LogP contribution in [-0.4, -0.2) is 24.2 Å². The third-order valence-electron chi connectivity index (χ3n) is 2.59. The van der Waals surface area contributed by atoms with Gasteiger partial charge >= 0.3 is 0 Å². The Morgan fingerprint density at radius 2 is 2.00 bits per heavy atom. The van der Waals surface area contributed by atoms with Crippen molar-refractivity contribution in [3.8, 4) is 12.8 Å². The molecule has 0 aliphatic carbocycles. The molecule has 0 saturated carbocycles. The predicted octanol–water partition coefficient (Wildman–Crippen LogP) is 1.85. The van der Waals surface area contributed by atoms with Crippen molar-refractivity contribution in [1.82, 2.24) is 4.98 Å². The highest BCUT2D eigenvalue weighted by Gasteiger charge is 2.19. The highest BCUT2D eigenvalue weighted by atomic mass is 19.1. The molecule has 0 aromatic carbocycles. The number of nitrogens with two attached hydrogens (primary N) is 1. The summed E-state index contributed by atoms with van der Waals surface area (Å²) in [6.07, 6.45) is 11.9. The fourth-order valence-corrected chi connectivity index (χ4v) is 1.78. The van der Waals surface area contributed by atoms with E-state index in [9.17, 15) is 4.39 Å². The van der Waals surface area contributed by atoms with Crippen LogP contribution in [0.15, 0.2) is 18.5 Å². The minimum absolute atomic E-state index is 0.599. The summed E-state index contributed by atoms with van der Waals surface area (Å²) in [4.78, 5) is 6.05. The van der Waals surface area contributed by atoms with Crippen LogP contribution in [-0.2, 0) is 0 Å². The standard InChI is InChI=1S/C10H14FN3.C2H2/c11-8-2-5-14(6-3-8)10-1-4-13-7-9(10)12;1-2/h1,4,7-8H,2-3,5-6,12H2;1-2H. The molecule has 1 aromatic heterocycles. The van der Waals surface area contributed by atoms with E-state index in [0.29, 0.717) is 18.5 Å². The van der Waals surface area contributed by atoms with Crippen LogP contribution in [0.4, 0.5) is 15.8 Å². The van der Waals surface area contributed by atoms with Crippen molar-refractivity contribution in [2.75, 3.05) is 23.7 Å². The van der Waals surface area contributed by atoms with Gasteiger partial charge in [-0.05, 0) is 18.9 Å². The third kappa shape index (κ3) is 2.86. The molecule has 4 heteroatoms. The summed E-state index contributed by atoms with van der Waals surface area (Å²) in [5.41, 5.74) is 7.44. The van der Waals surface area contributed by atoms with Crippen LogP contribution in [0.2, 0.25) is 0 Å². The first kappa shape index (κ1) is 12.3. The van der Waals surface area contributed by atoms with E-state index >= 15 is 0 Å². The number of aromatic nitrogens is 1. The molecule has 0 radical (unpaired) electrons. The van der Waals surface area contributed by atoms with Crippen molar-refractivity contribution < 1.29 is 4.39 Å². The van der Waals surface area contributed by atoms with Gasteiger partial charge in [-0.15, -0.1) is 12.8 Å². The van der Waals surface area contributed by atoms with Crippen molar-refractivity contribution in [2.24, 2.45) is 0 Å². The van der Waals surface area contributed by atoms with E-state index in [2.05, 4.69) is 22.7 Å². The third-order valence-corrected chi connectivity index (χ3v) is 2.59. The number of nitrogen functional groups attached to an aromatic ring is 1. The molecule has 0 unspecified atom stereocenters. The molecule has 1 aliphatic heterocycles. The number of anilines is 2. The molecule has 86 valence electrons. The van der Waals surface area contributed by atoms with Crippen LogP contribution >= 0.6 is 0 Å². The van der Waals surface area contributed by atoms with Gasteiger partial charge in [-0.3, -0.25) is 4.98 Å². The number of pyridine rings is 1. The van der Waals surface area contributed by atoms with Crippen LogP contribution in [0, 0.1) is 12.8 Å². The molecular formula is C12H16FN3. The summed E-state index contributed by atoms with van der Waals surface area (Å²) in [5, 5.41) is 0. The van der Waals surface area contributed by atoms with Gasteiger partial charge in [0.1, 0.15) is 6.17 Å². The Morgan fingerprint density at radius 1 is 1.38 bits per heavy atom. The van der Waals surface area contributed by atoms with Gasteiger partial charge in [0.15, 0.2) is 0 Å². The first-order valence-electron chi connectivity index (χ1n) is 5.19. The highest BCUT2D eigenvalue weighted by Crippen LogP contribution is 2.25. The number of rotatable bonds is 1. The molecule has 0 atom stereocenters. The Kier molecular flexibility index (Phi) is 4.59. The van der Waals surface area contributed by atoms with Crippen LogP contribution in [0.5, 0.6) is 0 Å². The zero-order valence-corrected chi connectivity index (χ0v) is 9.14. The molecule has 1 aromatic rings. The summed E-state index contributed by atoms with van der Waals surface area (Å²) in [6.45, 7) is 1.49. The van der Waals surface area contributed by atoms with E-state index in [-0.39, 0.29) is 0 Å². The summed E-state index contributed by atoms with van der Waals surface area (Å²) in [6, 6.07) is 1.88. The second-order valence-electron chi connectivity index (χ2n) is 3.60. The van der Waals surface area contributed by atoms with E-state index < -0.39 is 6.17 Å². The smallest absolute Gasteiger partial charge is 0.103 e. The molecule has 2 heterocycles. The van der Waals surface area contributed by atoms with Crippen molar-refractivity contribution in [1.29, 1.82) is 0 Å². The van der Waals surface area contributed by atoms with Crippen molar-refractivity contribution in [2.45, 2.75) is 19.0 Å². The van der Waals surface area contributed by atoms with E-state index in [1.807, 2.05) is 6.07 Å². The minimum Gasteiger partial charge on any atom is -0.396 e. The number of nitrogens with zero attached hydrogens (tertiary/aromatic N) is 2. The van der Waals surface area contributed by atoms with Gasteiger partial charge in [-0.25, -0.2) is 4.39 Å². The lowest BCUT2D eigenvalue weighted by atomic mass is 10.1. The Balaban J connectivity index is 0.000000606. The lowest BCUT2D eigenvalue weighted by molar-refractivity contribution is 0.277. The van der Waals surface area contributed by atoms with Gasteiger partial charge in [-0.2, -0.15) is 0 Å². The first-order chi connectivity index (χ1) is 7.77. The average molecular weight is 221 g/mol. The van der Waals surface area contributed by atoms with Gasteiger partial charge in [0.2, 0.25) is 0 Å². The zero-order chi connectivity index (χ0) is 12.0. The number of piperidine rings is 1. The average Bonchev–Trinajstić information content (AvgIpc) is 2.34. The molecule has 16 heavy (non-hydrogen) atoms. The van der Waals surface area contributed by atoms with Crippen molar-refractivity contribution in [3.63, 3.8) is 0 Å². The second-order valence-corrected chi connectivity index (χ2v) is 3.60. The Morgan fingerprint density at radius 3 is 2.56 bits per heavy atom. The summed E-state index contributed by atoms with van der Waals surface area (Å²) < 4.78 is 12.9. The molecule has 0 spiro atoms. The summed E-state index contributed by atoms with van der Waals surface area (Å²) in [7, 11) is 0. The maximum Gasteiger partial charge on any atom is 0.103 e. The van der Waals surface area contributed by atoms with E-state index in [1.54, 1.807) is 12.4 Å². The number of hydrogen-bond acceptors (Lipinski definition) is 3. The van der Waals surface area contributed by atoms with Gasteiger partial charge in [0, 0.05) is 19.3 Å². The molecule has 2 N–H and O–H groups in total. The van der Waals surface area contributed by atoms with E-state index in [4.69, 9.17) is 5.73 Å². The largest absolute Gasteiger partial charge is 0.396 e. The topological polar surface area (TPSA) is 42.1 Å². The molecule has 2 rings (SSSR count). The SMILES string of the molecule is C#C.Nc1cnccc1N1CCC(F)CC1. The monoisotopic (exact) mass is 221 g/mol. The van der Waals surface area contributed by atoms with Crippen LogP contribution in [0.1, 0.15) is 12.8 Å². The van der Waals surface area contributed by atoms with Crippen LogP contribution in [0.3, 0.4) is 0 Å². The normalized spacial score (nSPS) is 16.3. The van der Waals surface area contributed by atoms with Crippen LogP contribution < -0.4 is 10.6 Å². The fourth-order valence-electron chi connectivity index (χ4n) is 1.78. The lowest BCUT2D eigenvalue weighted by Gasteiger charge is -2.31. The lowest BCUT2D eigenvalue weighted by Crippen LogP contribution is -2.34. The molecular weight excluding hydrogens is 205 g/mol. The second kappa shape index (κ2) is 5.96. The number of alkyl halides is 1. The molecule has 0 amide bonds. The van der Waals surface area contributed by atoms with Crippen molar-refractivity contribution in [3.05, 3.63) is 18.5 Å².